The summed E-state index contributed by atoms with van der Waals surface area (Å²) >= 11 is 1.61. The fraction of sp³-hybridized carbons (Fsp3) is 0.714. The molecule has 1 amide bonds. The second-order valence-corrected chi connectivity index (χ2v) is 8.94. The van der Waals surface area contributed by atoms with Crippen molar-refractivity contribution in [1.29, 1.82) is 0 Å². The molecule has 0 bridgehead atoms. The molecule has 1 aromatic heterocycles. The average Bonchev–Trinajstić information content (AvgIpc) is 3.02. The number of hydrogen-bond donors (Lipinski definition) is 1. The number of aromatic nitrogens is 1. The zero-order valence-corrected chi connectivity index (χ0v) is 14.7. The van der Waals surface area contributed by atoms with Crippen molar-refractivity contribution in [2.24, 2.45) is 0 Å². The van der Waals surface area contributed by atoms with E-state index in [0.717, 1.165) is 17.1 Å². The minimum atomic E-state index is -2.87. The van der Waals surface area contributed by atoms with Gasteiger partial charge in [0.2, 0.25) is 5.91 Å². The lowest BCUT2D eigenvalue weighted by molar-refractivity contribution is -0.121. The first-order valence-corrected chi connectivity index (χ1v) is 10.1. The maximum Gasteiger partial charge on any atom is 0.221 e. The molecule has 1 fully saturated rings. The number of carbonyl (C=O) groups is 1. The van der Waals surface area contributed by atoms with E-state index in [4.69, 9.17) is 0 Å². The van der Waals surface area contributed by atoms with Crippen molar-refractivity contribution in [1.82, 2.24) is 15.2 Å². The summed E-state index contributed by atoms with van der Waals surface area (Å²) in [4.78, 5) is 18.1. The van der Waals surface area contributed by atoms with Gasteiger partial charge >= 0.3 is 0 Å². The van der Waals surface area contributed by atoms with Crippen LogP contribution >= 0.6 is 11.3 Å². The Hall–Kier alpha value is -0.990. The monoisotopic (exact) mass is 345 g/mol. The van der Waals surface area contributed by atoms with Crippen LogP contribution in [0.4, 0.5) is 0 Å². The lowest BCUT2D eigenvalue weighted by Crippen LogP contribution is -2.36. The van der Waals surface area contributed by atoms with E-state index in [0.29, 0.717) is 25.9 Å². The van der Waals surface area contributed by atoms with Gasteiger partial charge in [-0.3, -0.25) is 4.79 Å². The van der Waals surface area contributed by atoms with E-state index in [9.17, 15) is 13.2 Å². The van der Waals surface area contributed by atoms with Crippen molar-refractivity contribution >= 4 is 27.1 Å². The second-order valence-electron chi connectivity index (χ2n) is 5.77. The first-order chi connectivity index (χ1) is 10.4. The summed E-state index contributed by atoms with van der Waals surface area (Å²) in [5.74, 6) is 0.483. The zero-order chi connectivity index (χ0) is 16.2. The van der Waals surface area contributed by atoms with E-state index in [1.54, 1.807) is 11.3 Å². The van der Waals surface area contributed by atoms with Crippen LogP contribution in [0, 0.1) is 6.92 Å². The SMILES string of the molecule is Cc1csc(CCNC(=O)CCN(C)[C@H]2CCS(=O)(=O)C2)n1. The third kappa shape index (κ3) is 5.33. The van der Waals surface area contributed by atoms with Crippen molar-refractivity contribution in [2.75, 3.05) is 31.6 Å². The number of thiazole rings is 1. The van der Waals surface area contributed by atoms with Crippen LogP contribution in [0.2, 0.25) is 0 Å². The van der Waals surface area contributed by atoms with Gasteiger partial charge in [0.15, 0.2) is 9.84 Å². The van der Waals surface area contributed by atoms with E-state index in [-0.39, 0.29) is 23.5 Å². The van der Waals surface area contributed by atoms with E-state index < -0.39 is 9.84 Å². The molecule has 0 aliphatic carbocycles. The normalized spacial score (nSPS) is 20.4. The Morgan fingerprint density at radius 2 is 2.32 bits per heavy atom. The van der Waals surface area contributed by atoms with Gasteiger partial charge in [0, 0.05) is 43.0 Å². The predicted molar refractivity (Wildman–Crippen MR) is 87.9 cm³/mol. The number of carbonyl (C=O) groups excluding carboxylic acids is 1. The molecule has 6 nitrogen and oxygen atoms in total. The average molecular weight is 345 g/mol. The van der Waals surface area contributed by atoms with Crippen LogP contribution < -0.4 is 5.32 Å². The van der Waals surface area contributed by atoms with Crippen molar-refractivity contribution in [3.63, 3.8) is 0 Å². The number of hydrogen-bond acceptors (Lipinski definition) is 6. The molecule has 0 saturated carbocycles. The first-order valence-electron chi connectivity index (χ1n) is 7.44. The maximum atomic E-state index is 11.8. The van der Waals surface area contributed by atoms with Crippen molar-refractivity contribution < 1.29 is 13.2 Å². The molecule has 0 aromatic carbocycles. The molecule has 2 heterocycles. The molecule has 8 heteroatoms. The molecular formula is C14H23N3O3S2. The van der Waals surface area contributed by atoms with Crippen LogP contribution in [0.1, 0.15) is 23.5 Å². The van der Waals surface area contributed by atoms with Gasteiger partial charge in [-0.15, -0.1) is 11.3 Å². The molecule has 1 N–H and O–H groups in total. The molecule has 1 aliphatic heterocycles. The Bertz CT molecular complexity index is 613. The van der Waals surface area contributed by atoms with E-state index in [1.807, 2.05) is 24.3 Å². The van der Waals surface area contributed by atoms with Gasteiger partial charge in [0.1, 0.15) is 0 Å². The van der Waals surface area contributed by atoms with Gasteiger partial charge in [-0.1, -0.05) is 0 Å². The smallest absolute Gasteiger partial charge is 0.221 e. The molecule has 1 aliphatic rings. The number of rotatable bonds is 7. The molecule has 1 saturated heterocycles. The van der Waals surface area contributed by atoms with Gasteiger partial charge in [-0.2, -0.15) is 0 Å². The van der Waals surface area contributed by atoms with E-state index in [2.05, 4.69) is 10.3 Å². The summed E-state index contributed by atoms with van der Waals surface area (Å²) in [5.41, 5.74) is 1.01. The number of nitrogens with zero attached hydrogens (tertiary/aromatic N) is 2. The predicted octanol–water partition coefficient (Wildman–Crippen LogP) is 0.619. The first kappa shape index (κ1) is 17.4. The highest BCUT2D eigenvalue weighted by atomic mass is 32.2. The van der Waals surface area contributed by atoms with Gasteiger partial charge in [0.25, 0.3) is 0 Å². The zero-order valence-electron chi connectivity index (χ0n) is 13.0. The lowest BCUT2D eigenvalue weighted by Gasteiger charge is -2.22. The Balaban J connectivity index is 1.63. The number of nitrogens with one attached hydrogen (secondary N) is 1. The number of aryl methyl sites for hydroxylation is 1. The lowest BCUT2D eigenvalue weighted by atomic mass is 10.2. The Morgan fingerprint density at radius 3 is 2.91 bits per heavy atom. The van der Waals surface area contributed by atoms with E-state index >= 15 is 0 Å². The largest absolute Gasteiger partial charge is 0.356 e. The molecule has 1 aromatic rings. The topological polar surface area (TPSA) is 79.4 Å². The summed E-state index contributed by atoms with van der Waals surface area (Å²) in [6.45, 7) is 3.13. The maximum absolute atomic E-state index is 11.8. The van der Waals surface area contributed by atoms with E-state index in [1.165, 1.54) is 0 Å². The van der Waals surface area contributed by atoms with Crippen molar-refractivity contribution in [3.8, 4) is 0 Å². The van der Waals surface area contributed by atoms with Gasteiger partial charge < -0.3 is 10.2 Å². The number of amides is 1. The molecule has 124 valence electrons. The van der Waals surface area contributed by atoms with Crippen LogP contribution in [0.15, 0.2) is 5.38 Å². The summed E-state index contributed by atoms with van der Waals surface area (Å²) in [6, 6.07) is 0.0519. The fourth-order valence-corrected chi connectivity index (χ4v) is 5.08. The Morgan fingerprint density at radius 1 is 1.55 bits per heavy atom. The molecule has 0 spiro atoms. The molecule has 2 rings (SSSR count). The quantitative estimate of drug-likeness (QED) is 0.784. The highest BCUT2D eigenvalue weighted by molar-refractivity contribution is 7.91. The molecular weight excluding hydrogens is 322 g/mol. The second kappa shape index (κ2) is 7.52. The van der Waals surface area contributed by atoms with Gasteiger partial charge in [-0.05, 0) is 20.4 Å². The van der Waals surface area contributed by atoms with Crippen LogP contribution in [-0.4, -0.2) is 61.9 Å². The number of sulfone groups is 1. The van der Waals surface area contributed by atoms with Gasteiger partial charge in [0.05, 0.1) is 16.5 Å². The highest BCUT2D eigenvalue weighted by Crippen LogP contribution is 2.16. The third-order valence-electron chi connectivity index (χ3n) is 3.85. The Labute approximate surface area is 135 Å². The van der Waals surface area contributed by atoms with Gasteiger partial charge in [-0.25, -0.2) is 13.4 Å². The molecule has 0 radical (unpaired) electrons. The standard InChI is InChI=1S/C14H23N3O3S2/c1-11-9-21-14(16-11)3-6-15-13(18)4-7-17(2)12-5-8-22(19,20)10-12/h9,12H,3-8,10H2,1-2H3,(H,15,18)/t12-/m0/s1. The highest BCUT2D eigenvalue weighted by Gasteiger charge is 2.30. The molecule has 22 heavy (non-hydrogen) atoms. The molecule has 0 unspecified atom stereocenters. The van der Waals surface area contributed by atoms with Crippen LogP contribution in [0.25, 0.3) is 0 Å². The van der Waals surface area contributed by atoms with Crippen molar-refractivity contribution in [3.05, 3.63) is 16.1 Å². The minimum Gasteiger partial charge on any atom is -0.356 e. The van der Waals surface area contributed by atoms with Crippen molar-refractivity contribution in [2.45, 2.75) is 32.2 Å². The van der Waals surface area contributed by atoms with Crippen LogP contribution in [0.5, 0.6) is 0 Å². The third-order valence-corrected chi connectivity index (χ3v) is 6.63. The van der Waals surface area contributed by atoms with Crippen LogP contribution in [0.3, 0.4) is 0 Å². The summed E-state index contributed by atoms with van der Waals surface area (Å²) < 4.78 is 22.9. The summed E-state index contributed by atoms with van der Waals surface area (Å²) in [6.07, 6.45) is 1.81. The minimum absolute atomic E-state index is 0.000909. The fourth-order valence-electron chi connectivity index (χ4n) is 2.50. The summed E-state index contributed by atoms with van der Waals surface area (Å²) in [5, 5.41) is 5.92. The summed E-state index contributed by atoms with van der Waals surface area (Å²) in [7, 11) is -0.984. The Kier molecular flexibility index (Phi) is 5.94. The van der Waals surface area contributed by atoms with Crippen LogP contribution in [-0.2, 0) is 21.1 Å². The molecule has 1 atom stereocenters.